The van der Waals surface area contributed by atoms with Crippen molar-refractivity contribution >= 4 is 10.0 Å². The number of sulfonamides is 1. The first-order valence-electron chi connectivity index (χ1n) is 10.3. The molecule has 2 aliphatic rings. The van der Waals surface area contributed by atoms with Gasteiger partial charge in [0.2, 0.25) is 10.0 Å². The van der Waals surface area contributed by atoms with E-state index in [0.29, 0.717) is 19.0 Å². The van der Waals surface area contributed by atoms with Crippen molar-refractivity contribution in [2.75, 3.05) is 45.5 Å². The first kappa shape index (κ1) is 22.2. The Kier molecular flexibility index (Phi) is 6.94. The molecule has 0 aromatic heterocycles. The average Bonchev–Trinajstić information content (AvgIpc) is 2.65. The minimum absolute atomic E-state index is 0.210. The molecule has 1 aromatic carbocycles. The van der Waals surface area contributed by atoms with Gasteiger partial charge in [-0.3, -0.25) is 9.38 Å². The summed E-state index contributed by atoms with van der Waals surface area (Å²) < 4.78 is 39.3. The minimum Gasteiger partial charge on any atom is -0.295 e. The second-order valence-electron chi connectivity index (χ2n) is 8.72. The van der Waals surface area contributed by atoms with Gasteiger partial charge in [0.15, 0.2) is 0 Å². The van der Waals surface area contributed by atoms with E-state index in [1.165, 1.54) is 18.4 Å². The molecule has 2 atom stereocenters. The zero-order valence-corrected chi connectivity index (χ0v) is 18.5. The molecular weight excluding hydrogens is 389 g/mol. The van der Waals surface area contributed by atoms with Crippen LogP contribution in [-0.4, -0.2) is 73.7 Å². The third-order valence-electron chi connectivity index (χ3n) is 5.83. The van der Waals surface area contributed by atoms with Gasteiger partial charge in [-0.1, -0.05) is 32.1 Å². The number of rotatable bonds is 7. The molecule has 29 heavy (non-hydrogen) atoms. The summed E-state index contributed by atoms with van der Waals surface area (Å²) in [5, 5.41) is 0. The van der Waals surface area contributed by atoms with Crippen LogP contribution in [0.5, 0.6) is 0 Å². The zero-order chi connectivity index (χ0) is 21.1. The summed E-state index contributed by atoms with van der Waals surface area (Å²) in [5.74, 6) is 0.301. The molecule has 7 heteroatoms. The molecular formula is C22H33FN3O2S+. The van der Waals surface area contributed by atoms with Crippen LogP contribution in [0, 0.1) is 11.7 Å². The summed E-state index contributed by atoms with van der Waals surface area (Å²) >= 11 is 0. The maximum absolute atomic E-state index is 13.4. The molecule has 2 heterocycles. The quantitative estimate of drug-likeness (QED) is 0.635. The second kappa shape index (κ2) is 9.08. The number of halogens is 1. The molecule has 0 spiro atoms. The molecule has 160 valence electrons. The van der Waals surface area contributed by atoms with E-state index in [1.54, 1.807) is 4.31 Å². The van der Waals surface area contributed by atoms with Crippen molar-refractivity contribution in [3.8, 4) is 0 Å². The maximum atomic E-state index is 13.4. The van der Waals surface area contributed by atoms with Crippen LogP contribution in [0.4, 0.5) is 4.39 Å². The third kappa shape index (κ3) is 5.75. The van der Waals surface area contributed by atoms with Crippen LogP contribution in [0.25, 0.3) is 0 Å². The Bertz CT molecular complexity index is 843. The maximum Gasteiger partial charge on any atom is 0.211 e. The van der Waals surface area contributed by atoms with Crippen LogP contribution >= 0.6 is 0 Å². The lowest BCUT2D eigenvalue weighted by atomic mass is 10.0. The van der Waals surface area contributed by atoms with E-state index in [0.717, 1.165) is 42.8 Å². The van der Waals surface area contributed by atoms with Crippen molar-refractivity contribution in [3.05, 3.63) is 60.1 Å². The highest BCUT2D eigenvalue weighted by atomic mass is 32.2. The monoisotopic (exact) mass is 422 g/mol. The molecule has 1 aromatic rings. The summed E-state index contributed by atoms with van der Waals surface area (Å²) in [6.07, 6.45) is 10.1. The Morgan fingerprint density at radius 1 is 1.10 bits per heavy atom. The van der Waals surface area contributed by atoms with Crippen LogP contribution < -0.4 is 0 Å². The highest BCUT2D eigenvalue weighted by Gasteiger charge is 2.38. The number of piperazine rings is 1. The fourth-order valence-electron chi connectivity index (χ4n) is 4.47. The number of hydrogen-bond donors (Lipinski definition) is 0. The molecule has 0 N–H and O–H groups in total. The molecule has 0 saturated carbocycles. The lowest BCUT2D eigenvalue weighted by Crippen LogP contribution is -2.58. The van der Waals surface area contributed by atoms with E-state index in [1.807, 2.05) is 12.1 Å². The Labute approximate surface area is 174 Å². The average molecular weight is 423 g/mol. The molecule has 2 aliphatic heterocycles. The van der Waals surface area contributed by atoms with E-state index < -0.39 is 10.0 Å². The molecule has 2 unspecified atom stereocenters. The number of nitrogens with zero attached hydrogens (tertiary/aromatic N) is 3. The summed E-state index contributed by atoms with van der Waals surface area (Å²) in [6.45, 7) is 9.75. The Morgan fingerprint density at radius 2 is 1.76 bits per heavy atom. The van der Waals surface area contributed by atoms with Gasteiger partial charge < -0.3 is 0 Å². The number of benzene rings is 1. The van der Waals surface area contributed by atoms with Crippen molar-refractivity contribution in [2.24, 2.45) is 5.92 Å². The summed E-state index contributed by atoms with van der Waals surface area (Å²) in [4.78, 5) is 2.37. The molecule has 1 saturated heterocycles. The predicted molar refractivity (Wildman–Crippen MR) is 115 cm³/mol. The number of hydrogen-bond acceptors (Lipinski definition) is 3. The van der Waals surface area contributed by atoms with Crippen LogP contribution in [0.3, 0.4) is 0 Å². The van der Waals surface area contributed by atoms with E-state index in [9.17, 15) is 12.8 Å². The molecule has 0 bridgehead atoms. The van der Waals surface area contributed by atoms with Crippen LogP contribution in [-0.2, 0) is 16.6 Å². The Balaban J connectivity index is 1.76. The van der Waals surface area contributed by atoms with Gasteiger partial charge in [-0.15, -0.1) is 0 Å². The predicted octanol–water partition coefficient (Wildman–Crippen LogP) is 2.83. The minimum atomic E-state index is -3.12. The number of quaternary nitrogens is 1. The van der Waals surface area contributed by atoms with Gasteiger partial charge in [-0.2, -0.15) is 4.31 Å². The van der Waals surface area contributed by atoms with E-state index in [-0.39, 0.29) is 11.9 Å². The lowest BCUT2D eigenvalue weighted by molar-refractivity contribution is -0.913. The molecule has 0 aliphatic carbocycles. The van der Waals surface area contributed by atoms with Crippen molar-refractivity contribution in [1.29, 1.82) is 0 Å². The highest BCUT2D eigenvalue weighted by molar-refractivity contribution is 7.88. The summed E-state index contributed by atoms with van der Waals surface area (Å²) in [7, 11) is -3.12. The summed E-state index contributed by atoms with van der Waals surface area (Å²) in [5.41, 5.74) is 1.12. The Hall–Kier alpha value is -1.54. The molecule has 5 nitrogen and oxygen atoms in total. The van der Waals surface area contributed by atoms with Gasteiger partial charge in [0.1, 0.15) is 18.4 Å². The van der Waals surface area contributed by atoms with Gasteiger partial charge in [0.05, 0.1) is 25.5 Å². The SMILES string of the molecule is CC(C)C[N+]1(Cc2ccc(F)cc2)C=CC=CC1CN1CCN(S(C)(=O)=O)CC1. The largest absolute Gasteiger partial charge is 0.295 e. The van der Waals surface area contributed by atoms with Crippen molar-refractivity contribution in [1.82, 2.24) is 9.21 Å². The van der Waals surface area contributed by atoms with Crippen molar-refractivity contribution in [3.63, 3.8) is 0 Å². The highest BCUT2D eigenvalue weighted by Crippen LogP contribution is 2.28. The molecule has 0 amide bonds. The third-order valence-corrected chi connectivity index (χ3v) is 7.13. The normalized spacial score (nSPS) is 26.3. The Morgan fingerprint density at radius 3 is 2.34 bits per heavy atom. The first-order chi connectivity index (χ1) is 13.7. The van der Waals surface area contributed by atoms with Crippen LogP contribution in [0.2, 0.25) is 0 Å². The van der Waals surface area contributed by atoms with E-state index in [2.05, 4.69) is 43.2 Å². The van der Waals surface area contributed by atoms with Crippen LogP contribution in [0.1, 0.15) is 19.4 Å². The fraction of sp³-hybridized carbons (Fsp3) is 0.545. The standard InChI is InChI=1S/C22H33FN3O2S/c1-19(2)17-26(18-20-7-9-21(23)10-8-20)15-5-4-6-22(26)16-24-11-13-25(14-12-24)29(3,27)28/h4-10,15,19,22H,11-14,16-18H2,1-3H3/q+1. The van der Waals surface area contributed by atoms with Gasteiger partial charge in [-0.05, 0) is 24.3 Å². The zero-order valence-electron chi connectivity index (χ0n) is 17.7. The smallest absolute Gasteiger partial charge is 0.211 e. The molecule has 3 rings (SSSR count). The van der Waals surface area contributed by atoms with E-state index in [4.69, 9.17) is 0 Å². The molecule has 0 radical (unpaired) electrons. The van der Waals surface area contributed by atoms with Gasteiger partial charge in [-0.25, -0.2) is 12.8 Å². The number of allylic oxidation sites excluding steroid dienone is 2. The van der Waals surface area contributed by atoms with Crippen LogP contribution in [0.15, 0.2) is 48.7 Å². The first-order valence-corrected chi connectivity index (χ1v) is 12.2. The second-order valence-corrected chi connectivity index (χ2v) is 10.7. The van der Waals surface area contributed by atoms with Gasteiger partial charge in [0, 0.05) is 37.7 Å². The summed E-state index contributed by atoms with van der Waals surface area (Å²) in [6, 6.07) is 7.10. The molecule has 1 fully saturated rings. The van der Waals surface area contributed by atoms with E-state index >= 15 is 0 Å². The van der Waals surface area contributed by atoms with Crippen molar-refractivity contribution < 1.29 is 17.3 Å². The lowest BCUT2D eigenvalue weighted by Gasteiger charge is -2.45. The van der Waals surface area contributed by atoms with Gasteiger partial charge >= 0.3 is 0 Å². The topological polar surface area (TPSA) is 40.6 Å². The van der Waals surface area contributed by atoms with Crippen molar-refractivity contribution in [2.45, 2.75) is 26.4 Å². The van der Waals surface area contributed by atoms with Gasteiger partial charge in [0.25, 0.3) is 0 Å². The fourth-order valence-corrected chi connectivity index (χ4v) is 5.29.